The lowest BCUT2D eigenvalue weighted by molar-refractivity contribution is -0.115. The number of aromatic amines is 1. The van der Waals surface area contributed by atoms with Crippen LogP contribution in [-0.2, 0) is 24.1 Å². The third-order valence-corrected chi connectivity index (χ3v) is 3.90. The molecular weight excluding hydrogens is 304 g/mol. The molecule has 0 aliphatic rings. The van der Waals surface area contributed by atoms with Crippen LogP contribution in [0.25, 0.3) is 11.4 Å². The summed E-state index contributed by atoms with van der Waals surface area (Å²) in [5.41, 5.74) is 3.33. The smallest absolute Gasteiger partial charge is 0.229 e. The Bertz CT molecular complexity index is 800. The van der Waals surface area contributed by atoms with Crippen molar-refractivity contribution < 1.29 is 9.32 Å². The molecule has 3 aromatic rings. The largest absolute Gasteiger partial charge is 0.361 e. The van der Waals surface area contributed by atoms with Crippen molar-refractivity contribution in [3.8, 4) is 11.4 Å². The quantitative estimate of drug-likeness (QED) is 0.728. The summed E-state index contributed by atoms with van der Waals surface area (Å²) in [6.45, 7) is 4.00. The van der Waals surface area contributed by atoms with E-state index < -0.39 is 0 Å². The average Bonchev–Trinajstić information content (AvgIpc) is 3.24. The lowest BCUT2D eigenvalue weighted by Gasteiger charge is -2.09. The van der Waals surface area contributed by atoms with Gasteiger partial charge in [-0.3, -0.25) is 4.79 Å². The van der Waals surface area contributed by atoms with E-state index in [4.69, 9.17) is 4.52 Å². The van der Waals surface area contributed by atoms with Gasteiger partial charge in [0.2, 0.25) is 5.91 Å². The highest BCUT2D eigenvalue weighted by atomic mass is 16.5. The molecule has 1 aromatic carbocycles. The zero-order chi connectivity index (χ0) is 16.9. The van der Waals surface area contributed by atoms with Gasteiger partial charge in [-0.1, -0.05) is 31.1 Å². The van der Waals surface area contributed by atoms with Crippen molar-refractivity contribution in [3.05, 3.63) is 53.7 Å². The Balaban J connectivity index is 1.81. The fourth-order valence-electron chi connectivity index (χ4n) is 2.70. The molecule has 0 spiro atoms. The first-order valence-corrected chi connectivity index (χ1v) is 8.07. The van der Waals surface area contributed by atoms with Crippen molar-refractivity contribution in [2.75, 3.05) is 5.32 Å². The van der Waals surface area contributed by atoms with E-state index in [0.29, 0.717) is 0 Å². The van der Waals surface area contributed by atoms with Crippen LogP contribution in [0, 0.1) is 0 Å². The number of aryl methyl sites for hydroxylation is 2. The predicted octanol–water partition coefficient (Wildman–Crippen LogP) is 3.37. The van der Waals surface area contributed by atoms with E-state index in [1.54, 1.807) is 12.4 Å². The van der Waals surface area contributed by atoms with E-state index in [1.807, 2.05) is 38.1 Å². The Kier molecular flexibility index (Phi) is 4.74. The minimum Gasteiger partial charge on any atom is -0.361 e. The van der Waals surface area contributed by atoms with Gasteiger partial charge < -0.3 is 14.8 Å². The molecule has 24 heavy (non-hydrogen) atoms. The highest BCUT2D eigenvalue weighted by molar-refractivity contribution is 5.96. The molecule has 0 aliphatic heterocycles. The first-order chi connectivity index (χ1) is 11.7. The Morgan fingerprint density at radius 3 is 2.79 bits per heavy atom. The number of anilines is 1. The summed E-state index contributed by atoms with van der Waals surface area (Å²) in [5.74, 6) is 1.40. The molecule has 0 radical (unpaired) electrons. The number of para-hydroxylation sites is 1. The van der Waals surface area contributed by atoms with Crippen molar-refractivity contribution >= 4 is 11.6 Å². The number of amides is 1. The summed E-state index contributed by atoms with van der Waals surface area (Å²) in [4.78, 5) is 19.8. The normalized spacial score (nSPS) is 10.8. The monoisotopic (exact) mass is 324 g/mol. The Hall–Kier alpha value is -2.89. The number of H-pyrrole nitrogens is 1. The number of imidazole rings is 1. The second-order valence-corrected chi connectivity index (χ2v) is 5.45. The number of rotatable bonds is 6. The van der Waals surface area contributed by atoms with Gasteiger partial charge in [-0.05, 0) is 18.6 Å². The van der Waals surface area contributed by atoms with Crippen LogP contribution in [-0.4, -0.2) is 21.0 Å². The summed E-state index contributed by atoms with van der Waals surface area (Å²) >= 11 is 0. The molecule has 6 heteroatoms. The zero-order valence-electron chi connectivity index (χ0n) is 13.8. The predicted molar refractivity (Wildman–Crippen MR) is 91.6 cm³/mol. The van der Waals surface area contributed by atoms with Crippen LogP contribution in [0.2, 0.25) is 0 Å². The topological polar surface area (TPSA) is 83.8 Å². The molecule has 2 N–H and O–H groups in total. The Morgan fingerprint density at radius 1 is 1.25 bits per heavy atom. The average molecular weight is 324 g/mol. The number of hydrogen-bond acceptors (Lipinski definition) is 4. The van der Waals surface area contributed by atoms with Gasteiger partial charge in [0, 0.05) is 29.9 Å². The van der Waals surface area contributed by atoms with Gasteiger partial charge in [0.15, 0.2) is 0 Å². The third kappa shape index (κ3) is 3.22. The number of nitrogens with zero attached hydrogens (tertiary/aromatic N) is 2. The second-order valence-electron chi connectivity index (χ2n) is 5.45. The van der Waals surface area contributed by atoms with Crippen molar-refractivity contribution in [1.29, 1.82) is 0 Å². The maximum atomic E-state index is 12.5. The summed E-state index contributed by atoms with van der Waals surface area (Å²) in [7, 11) is 0. The first-order valence-electron chi connectivity index (χ1n) is 8.07. The molecule has 3 rings (SSSR count). The number of carbonyl (C=O) groups excluding carboxylic acids is 1. The van der Waals surface area contributed by atoms with Crippen molar-refractivity contribution in [3.63, 3.8) is 0 Å². The second kappa shape index (κ2) is 7.12. The van der Waals surface area contributed by atoms with Crippen molar-refractivity contribution in [1.82, 2.24) is 15.1 Å². The third-order valence-electron chi connectivity index (χ3n) is 3.90. The molecule has 124 valence electrons. The summed E-state index contributed by atoms with van der Waals surface area (Å²) in [5, 5.41) is 7.03. The van der Waals surface area contributed by atoms with Gasteiger partial charge >= 0.3 is 0 Å². The van der Waals surface area contributed by atoms with Gasteiger partial charge in [-0.15, -0.1) is 0 Å². The van der Waals surface area contributed by atoms with Crippen LogP contribution in [0.5, 0.6) is 0 Å². The summed E-state index contributed by atoms with van der Waals surface area (Å²) in [6, 6.07) is 7.59. The van der Waals surface area contributed by atoms with Crippen LogP contribution in [0.4, 0.5) is 5.69 Å². The van der Waals surface area contributed by atoms with Crippen LogP contribution in [0.15, 0.2) is 41.2 Å². The zero-order valence-corrected chi connectivity index (χ0v) is 13.8. The molecule has 0 saturated carbocycles. The number of benzene rings is 1. The van der Waals surface area contributed by atoms with Gasteiger partial charge in [0.1, 0.15) is 11.6 Å². The maximum absolute atomic E-state index is 12.5. The molecule has 0 bridgehead atoms. The minimum absolute atomic E-state index is 0.0957. The van der Waals surface area contributed by atoms with E-state index in [0.717, 1.165) is 46.9 Å². The van der Waals surface area contributed by atoms with Gasteiger partial charge in [0.05, 0.1) is 17.8 Å². The van der Waals surface area contributed by atoms with Crippen molar-refractivity contribution in [2.24, 2.45) is 0 Å². The molecule has 0 saturated heterocycles. The lowest BCUT2D eigenvalue weighted by Crippen LogP contribution is -2.16. The summed E-state index contributed by atoms with van der Waals surface area (Å²) < 4.78 is 5.32. The van der Waals surface area contributed by atoms with Crippen molar-refractivity contribution in [2.45, 2.75) is 33.1 Å². The molecule has 0 unspecified atom stereocenters. The highest BCUT2D eigenvalue weighted by Gasteiger charge is 2.18. The number of aromatic nitrogens is 3. The van der Waals surface area contributed by atoms with Crippen LogP contribution < -0.4 is 5.32 Å². The molecule has 0 atom stereocenters. The molecule has 0 fully saturated rings. The number of nitrogens with one attached hydrogen (secondary N) is 2. The fraction of sp³-hybridized carbons (Fsp3) is 0.278. The van der Waals surface area contributed by atoms with Gasteiger partial charge in [0.25, 0.3) is 0 Å². The molecule has 2 heterocycles. The van der Waals surface area contributed by atoms with Crippen LogP contribution >= 0.6 is 0 Å². The first kappa shape index (κ1) is 16.0. The van der Waals surface area contributed by atoms with Crippen LogP contribution in [0.1, 0.15) is 30.9 Å². The van der Waals surface area contributed by atoms with Gasteiger partial charge in [-0.25, -0.2) is 4.98 Å². The number of hydrogen-bond donors (Lipinski definition) is 2. The van der Waals surface area contributed by atoms with E-state index in [9.17, 15) is 4.79 Å². The summed E-state index contributed by atoms with van der Waals surface area (Å²) in [6.07, 6.45) is 5.16. The standard InChI is InChI=1S/C18H20N4O2/c1-3-14-13(16(4-2)24-22-14)11-17(23)21-15-8-6-5-7-12(15)18-19-9-10-20-18/h5-10H,3-4,11H2,1-2H3,(H,19,20)(H,21,23). The molecule has 2 aromatic heterocycles. The van der Waals surface area contributed by atoms with E-state index >= 15 is 0 Å². The fourth-order valence-corrected chi connectivity index (χ4v) is 2.70. The molecule has 6 nitrogen and oxygen atoms in total. The van der Waals surface area contributed by atoms with E-state index in [1.165, 1.54) is 0 Å². The Morgan fingerprint density at radius 2 is 2.08 bits per heavy atom. The number of carbonyl (C=O) groups is 1. The lowest BCUT2D eigenvalue weighted by atomic mass is 10.1. The SMILES string of the molecule is CCc1noc(CC)c1CC(=O)Nc1ccccc1-c1ncc[nH]1. The molecule has 0 aliphatic carbocycles. The molecular formula is C18H20N4O2. The Labute approximate surface area is 140 Å². The minimum atomic E-state index is -0.0957. The molecule has 1 amide bonds. The van der Waals surface area contributed by atoms with Crippen LogP contribution in [0.3, 0.4) is 0 Å². The van der Waals surface area contributed by atoms with E-state index in [2.05, 4.69) is 20.4 Å². The van der Waals surface area contributed by atoms with E-state index in [-0.39, 0.29) is 12.3 Å². The highest BCUT2D eigenvalue weighted by Crippen LogP contribution is 2.25. The maximum Gasteiger partial charge on any atom is 0.229 e. The van der Waals surface area contributed by atoms with Gasteiger partial charge in [-0.2, -0.15) is 0 Å².